The van der Waals surface area contributed by atoms with Crippen LogP contribution in [0.3, 0.4) is 0 Å². The van der Waals surface area contributed by atoms with E-state index in [1.165, 1.54) is 0 Å². The first-order valence-electron chi connectivity index (χ1n) is 8.08. The fourth-order valence-corrected chi connectivity index (χ4v) is 2.79. The van der Waals surface area contributed by atoms with E-state index < -0.39 is 0 Å². The van der Waals surface area contributed by atoms with Crippen LogP contribution in [-0.2, 0) is 13.1 Å². The summed E-state index contributed by atoms with van der Waals surface area (Å²) < 4.78 is 1.98. The summed E-state index contributed by atoms with van der Waals surface area (Å²) in [5, 5.41) is 12.6. The highest BCUT2D eigenvalue weighted by Gasteiger charge is 2.16. The van der Waals surface area contributed by atoms with Gasteiger partial charge in [-0.3, -0.25) is 0 Å². The Morgan fingerprint density at radius 2 is 1.64 bits per heavy atom. The Balaban J connectivity index is 1.85. The molecule has 0 saturated heterocycles. The maximum absolute atomic E-state index is 9.32. The molecule has 0 atom stereocenters. The summed E-state index contributed by atoms with van der Waals surface area (Å²) in [4.78, 5) is 0. The first-order valence-corrected chi connectivity index (χ1v) is 8.08. The van der Waals surface area contributed by atoms with Crippen LogP contribution >= 0.6 is 0 Å². The van der Waals surface area contributed by atoms with Crippen molar-refractivity contribution < 1.29 is 0 Å². The lowest BCUT2D eigenvalue weighted by Gasteiger charge is -2.14. The molecule has 4 heteroatoms. The van der Waals surface area contributed by atoms with Crippen molar-refractivity contribution >= 4 is 11.4 Å². The zero-order valence-corrected chi connectivity index (χ0v) is 13.9. The topological polar surface area (TPSA) is 66.8 Å². The van der Waals surface area contributed by atoms with E-state index in [1.54, 1.807) is 6.20 Å². The molecule has 3 rings (SSSR count). The molecule has 0 saturated carbocycles. The Bertz CT molecular complexity index is 902. The highest BCUT2D eigenvalue weighted by molar-refractivity contribution is 5.75. The Kier molecular flexibility index (Phi) is 4.87. The molecule has 0 radical (unpaired) electrons. The van der Waals surface area contributed by atoms with Crippen molar-refractivity contribution in [2.75, 3.05) is 5.73 Å². The number of nitrogens with zero attached hydrogens (tertiary/aromatic N) is 2. The highest BCUT2D eigenvalue weighted by atomic mass is 15.0. The summed E-state index contributed by atoms with van der Waals surface area (Å²) in [6.45, 7) is 5.41. The molecule has 1 heterocycles. The second-order valence-corrected chi connectivity index (χ2v) is 5.85. The Hall–Kier alpha value is -3.45. The van der Waals surface area contributed by atoms with Crippen molar-refractivity contribution in [2.45, 2.75) is 13.1 Å². The van der Waals surface area contributed by atoms with Crippen LogP contribution in [0.25, 0.3) is 5.70 Å². The molecule has 0 fully saturated rings. The molecule has 0 aliphatic heterocycles. The fraction of sp³-hybridized carbons (Fsp3) is 0.0952. The van der Waals surface area contributed by atoms with E-state index in [1.807, 2.05) is 65.2 Å². The van der Waals surface area contributed by atoms with Crippen LogP contribution in [0.2, 0.25) is 0 Å². The standard InChI is InChI=1S/C21H20N4/c1-16(24-13-17-8-4-2-5-9-17)21-20(23)19(12-22)15-25(21)14-18-10-6-3-7-11-18/h2-11,15,24H,1,13-14,23H2. The van der Waals surface area contributed by atoms with E-state index in [0.29, 0.717) is 30.0 Å². The van der Waals surface area contributed by atoms with E-state index >= 15 is 0 Å². The molecule has 2 aromatic carbocycles. The summed E-state index contributed by atoms with van der Waals surface area (Å²) in [7, 11) is 0. The number of nitriles is 1. The van der Waals surface area contributed by atoms with Crippen molar-refractivity contribution in [3.05, 3.63) is 95.8 Å². The van der Waals surface area contributed by atoms with Gasteiger partial charge in [0, 0.05) is 19.3 Å². The molecule has 124 valence electrons. The van der Waals surface area contributed by atoms with Gasteiger partial charge in [-0.05, 0) is 11.1 Å². The number of rotatable bonds is 6. The fourth-order valence-electron chi connectivity index (χ4n) is 2.79. The van der Waals surface area contributed by atoms with Gasteiger partial charge < -0.3 is 15.6 Å². The lowest BCUT2D eigenvalue weighted by Crippen LogP contribution is -2.15. The van der Waals surface area contributed by atoms with Gasteiger partial charge in [-0.25, -0.2) is 0 Å². The van der Waals surface area contributed by atoms with Gasteiger partial charge in [-0.1, -0.05) is 67.2 Å². The molecule has 0 aliphatic rings. The summed E-state index contributed by atoms with van der Waals surface area (Å²) in [5.74, 6) is 0. The van der Waals surface area contributed by atoms with Crippen LogP contribution in [0.15, 0.2) is 73.4 Å². The van der Waals surface area contributed by atoms with Crippen molar-refractivity contribution in [3.63, 3.8) is 0 Å². The minimum atomic E-state index is 0.462. The summed E-state index contributed by atoms with van der Waals surface area (Å²) in [6, 6.07) is 22.3. The third-order valence-electron chi connectivity index (χ3n) is 4.07. The SMILES string of the molecule is C=C(NCc1ccccc1)c1c(N)c(C#N)cn1Cc1ccccc1. The number of nitrogens with two attached hydrogens (primary N) is 1. The molecule has 0 amide bonds. The van der Waals surface area contributed by atoms with E-state index in [-0.39, 0.29) is 0 Å². The first-order chi connectivity index (χ1) is 12.2. The van der Waals surface area contributed by atoms with Crippen LogP contribution in [0, 0.1) is 11.3 Å². The summed E-state index contributed by atoms with van der Waals surface area (Å²) in [6.07, 6.45) is 1.78. The largest absolute Gasteiger partial charge is 0.396 e. The minimum Gasteiger partial charge on any atom is -0.396 e. The average molecular weight is 328 g/mol. The van der Waals surface area contributed by atoms with Crippen molar-refractivity contribution in [1.82, 2.24) is 9.88 Å². The van der Waals surface area contributed by atoms with Crippen molar-refractivity contribution in [2.24, 2.45) is 0 Å². The molecular weight excluding hydrogens is 308 g/mol. The van der Waals surface area contributed by atoms with Crippen molar-refractivity contribution in [1.29, 1.82) is 5.26 Å². The minimum absolute atomic E-state index is 0.462. The number of nitrogen functional groups attached to an aromatic ring is 1. The molecule has 0 spiro atoms. The second-order valence-electron chi connectivity index (χ2n) is 5.85. The molecule has 0 aliphatic carbocycles. The van der Waals surface area contributed by atoms with Crippen LogP contribution in [0.4, 0.5) is 5.69 Å². The predicted octanol–water partition coefficient (Wildman–Crippen LogP) is 3.75. The van der Waals surface area contributed by atoms with Gasteiger partial charge in [0.25, 0.3) is 0 Å². The van der Waals surface area contributed by atoms with Crippen LogP contribution in [-0.4, -0.2) is 4.57 Å². The molecule has 0 bridgehead atoms. The normalized spacial score (nSPS) is 10.2. The van der Waals surface area contributed by atoms with Gasteiger partial charge in [0.15, 0.2) is 0 Å². The van der Waals surface area contributed by atoms with E-state index in [2.05, 4.69) is 18.0 Å². The number of aromatic nitrogens is 1. The number of benzene rings is 2. The molecule has 25 heavy (non-hydrogen) atoms. The smallest absolute Gasteiger partial charge is 0.103 e. The lowest BCUT2D eigenvalue weighted by molar-refractivity contribution is 0.776. The molecule has 0 unspecified atom stereocenters. The van der Waals surface area contributed by atoms with Gasteiger partial charge in [-0.2, -0.15) is 5.26 Å². The Morgan fingerprint density at radius 1 is 1.04 bits per heavy atom. The van der Waals surface area contributed by atoms with Gasteiger partial charge >= 0.3 is 0 Å². The molecule has 3 N–H and O–H groups in total. The maximum Gasteiger partial charge on any atom is 0.103 e. The van der Waals surface area contributed by atoms with Gasteiger partial charge in [0.05, 0.1) is 22.6 Å². The molecular formula is C21H20N4. The van der Waals surface area contributed by atoms with Gasteiger partial charge in [0.2, 0.25) is 0 Å². The van der Waals surface area contributed by atoms with Gasteiger partial charge in [-0.15, -0.1) is 0 Å². The zero-order valence-electron chi connectivity index (χ0n) is 13.9. The lowest BCUT2D eigenvalue weighted by atomic mass is 10.2. The second kappa shape index (κ2) is 7.41. The van der Waals surface area contributed by atoms with Crippen LogP contribution in [0.5, 0.6) is 0 Å². The maximum atomic E-state index is 9.32. The highest BCUT2D eigenvalue weighted by Crippen LogP contribution is 2.26. The number of anilines is 1. The summed E-state index contributed by atoms with van der Waals surface area (Å²) >= 11 is 0. The molecule has 4 nitrogen and oxygen atoms in total. The number of hydrogen-bond donors (Lipinski definition) is 2. The van der Waals surface area contributed by atoms with Gasteiger partial charge in [0.1, 0.15) is 6.07 Å². The van der Waals surface area contributed by atoms with E-state index in [9.17, 15) is 5.26 Å². The summed E-state index contributed by atoms with van der Waals surface area (Å²) in [5.41, 5.74) is 10.9. The zero-order chi connectivity index (χ0) is 17.6. The molecule has 1 aromatic heterocycles. The first kappa shape index (κ1) is 16.4. The monoisotopic (exact) mass is 328 g/mol. The Morgan fingerprint density at radius 3 is 2.24 bits per heavy atom. The van der Waals surface area contributed by atoms with Crippen molar-refractivity contribution in [3.8, 4) is 6.07 Å². The van der Waals surface area contributed by atoms with E-state index in [0.717, 1.165) is 16.8 Å². The van der Waals surface area contributed by atoms with E-state index in [4.69, 9.17) is 5.73 Å². The molecule has 3 aromatic rings. The Labute approximate surface area is 147 Å². The van der Waals surface area contributed by atoms with Crippen LogP contribution in [0.1, 0.15) is 22.4 Å². The average Bonchev–Trinajstić information content (AvgIpc) is 2.96. The predicted molar refractivity (Wildman–Crippen MR) is 101 cm³/mol. The number of hydrogen-bond acceptors (Lipinski definition) is 3. The number of nitrogens with one attached hydrogen (secondary N) is 1. The quantitative estimate of drug-likeness (QED) is 0.724. The van der Waals surface area contributed by atoms with Crippen LogP contribution < -0.4 is 11.1 Å². The third-order valence-corrected chi connectivity index (χ3v) is 4.07. The third kappa shape index (κ3) is 3.73.